The van der Waals surface area contributed by atoms with Crippen LogP contribution in [0.5, 0.6) is 0 Å². The Hall–Kier alpha value is -1.55. The predicted molar refractivity (Wildman–Crippen MR) is 74.0 cm³/mol. The molecule has 2 rings (SSSR count). The molecule has 0 atom stereocenters. The zero-order valence-electron chi connectivity index (χ0n) is 11.1. The van der Waals surface area contributed by atoms with Crippen molar-refractivity contribution in [2.24, 2.45) is 7.05 Å². The minimum Gasteiger partial charge on any atom is -0.379 e. The molecule has 0 saturated carbocycles. The molecule has 4 nitrogen and oxygen atoms in total. The molecule has 0 aliphatic carbocycles. The van der Waals surface area contributed by atoms with Gasteiger partial charge in [-0.25, -0.2) is 4.98 Å². The van der Waals surface area contributed by atoms with Crippen molar-refractivity contribution < 1.29 is 0 Å². The number of halogens is 1. The fraction of sp³-hybridized carbons (Fsp3) is 0.385. The molecular formula is C13H17ClN4. The molecule has 0 radical (unpaired) electrons. The highest BCUT2D eigenvalue weighted by molar-refractivity contribution is 6.29. The fourth-order valence-electron chi connectivity index (χ4n) is 1.96. The van der Waals surface area contributed by atoms with Crippen LogP contribution in [0.25, 0.3) is 0 Å². The summed E-state index contributed by atoms with van der Waals surface area (Å²) < 4.78 is 1.90. The second-order valence-electron chi connectivity index (χ2n) is 4.45. The number of nitrogens with one attached hydrogen (secondary N) is 1. The van der Waals surface area contributed by atoms with E-state index in [-0.39, 0.29) is 0 Å². The van der Waals surface area contributed by atoms with Crippen molar-refractivity contribution in [3.05, 3.63) is 39.9 Å². The summed E-state index contributed by atoms with van der Waals surface area (Å²) in [4.78, 5) is 4.08. The molecule has 0 fully saturated rings. The minimum atomic E-state index is 0.520. The van der Waals surface area contributed by atoms with Crippen LogP contribution >= 0.6 is 11.6 Å². The Labute approximate surface area is 112 Å². The maximum atomic E-state index is 5.84. The number of aryl methyl sites for hydroxylation is 3. The van der Waals surface area contributed by atoms with E-state index >= 15 is 0 Å². The van der Waals surface area contributed by atoms with Crippen LogP contribution in [0, 0.1) is 20.8 Å². The summed E-state index contributed by atoms with van der Waals surface area (Å²) in [5.74, 6) is 0. The van der Waals surface area contributed by atoms with Gasteiger partial charge in [0, 0.05) is 24.8 Å². The zero-order chi connectivity index (χ0) is 13.3. The van der Waals surface area contributed by atoms with Crippen molar-refractivity contribution in [1.82, 2.24) is 14.8 Å². The van der Waals surface area contributed by atoms with Gasteiger partial charge in [-0.15, -0.1) is 0 Å². The van der Waals surface area contributed by atoms with Gasteiger partial charge in [-0.3, -0.25) is 4.68 Å². The molecule has 2 heterocycles. The summed E-state index contributed by atoms with van der Waals surface area (Å²) in [6, 6.07) is 1.85. The van der Waals surface area contributed by atoms with Crippen LogP contribution in [0.3, 0.4) is 0 Å². The molecule has 0 saturated heterocycles. The Morgan fingerprint density at radius 3 is 2.61 bits per heavy atom. The minimum absolute atomic E-state index is 0.520. The van der Waals surface area contributed by atoms with Crippen LogP contribution in [0.1, 0.15) is 22.5 Å². The molecule has 5 heteroatoms. The number of nitrogens with zero attached hydrogens (tertiary/aromatic N) is 3. The lowest BCUT2D eigenvalue weighted by Crippen LogP contribution is -2.04. The molecule has 0 unspecified atom stereocenters. The van der Waals surface area contributed by atoms with Gasteiger partial charge >= 0.3 is 0 Å². The predicted octanol–water partition coefficient (Wildman–Crippen LogP) is 3.01. The zero-order valence-corrected chi connectivity index (χ0v) is 11.8. The Morgan fingerprint density at radius 1 is 1.33 bits per heavy atom. The van der Waals surface area contributed by atoms with Crippen LogP contribution in [0.4, 0.5) is 5.69 Å². The maximum Gasteiger partial charge on any atom is 0.129 e. The van der Waals surface area contributed by atoms with Crippen molar-refractivity contribution in [3.8, 4) is 0 Å². The molecule has 0 amide bonds. The summed E-state index contributed by atoms with van der Waals surface area (Å²) in [7, 11) is 1.96. The van der Waals surface area contributed by atoms with Gasteiger partial charge in [-0.05, 0) is 32.4 Å². The molecule has 0 spiro atoms. The van der Waals surface area contributed by atoms with Crippen LogP contribution in [-0.2, 0) is 13.6 Å². The van der Waals surface area contributed by atoms with Gasteiger partial charge in [0.25, 0.3) is 0 Å². The Balaban J connectivity index is 2.16. The largest absolute Gasteiger partial charge is 0.379 e. The second-order valence-corrected chi connectivity index (χ2v) is 4.84. The fourth-order valence-corrected chi connectivity index (χ4v) is 2.18. The number of hydrogen-bond donors (Lipinski definition) is 1. The van der Waals surface area contributed by atoms with Gasteiger partial charge in [0.15, 0.2) is 0 Å². The number of rotatable bonds is 3. The highest BCUT2D eigenvalue weighted by Gasteiger charge is 2.09. The van der Waals surface area contributed by atoms with Crippen molar-refractivity contribution in [2.75, 3.05) is 5.32 Å². The van der Waals surface area contributed by atoms with Gasteiger partial charge in [-0.2, -0.15) is 5.10 Å². The molecule has 0 aliphatic heterocycles. The van der Waals surface area contributed by atoms with Crippen molar-refractivity contribution in [1.29, 1.82) is 0 Å². The van der Waals surface area contributed by atoms with Gasteiger partial charge in [0.05, 0.1) is 17.6 Å². The van der Waals surface area contributed by atoms with E-state index in [0.29, 0.717) is 5.15 Å². The highest BCUT2D eigenvalue weighted by atomic mass is 35.5. The monoisotopic (exact) mass is 264 g/mol. The smallest absolute Gasteiger partial charge is 0.129 e. The number of anilines is 1. The summed E-state index contributed by atoms with van der Waals surface area (Å²) >= 11 is 5.84. The third kappa shape index (κ3) is 2.48. The molecule has 0 aliphatic rings. The molecule has 2 aromatic rings. The Kier molecular flexibility index (Phi) is 3.57. The van der Waals surface area contributed by atoms with Crippen LogP contribution in [0.2, 0.25) is 5.15 Å². The number of pyridine rings is 1. The van der Waals surface area contributed by atoms with Gasteiger partial charge in [0.2, 0.25) is 0 Å². The number of hydrogen-bond acceptors (Lipinski definition) is 3. The lowest BCUT2D eigenvalue weighted by atomic mass is 10.2. The van der Waals surface area contributed by atoms with E-state index in [4.69, 9.17) is 11.6 Å². The van der Waals surface area contributed by atoms with E-state index in [2.05, 4.69) is 22.3 Å². The van der Waals surface area contributed by atoms with Crippen LogP contribution in [0.15, 0.2) is 12.3 Å². The average Bonchev–Trinajstić information content (AvgIpc) is 2.53. The topological polar surface area (TPSA) is 42.7 Å². The maximum absolute atomic E-state index is 5.84. The summed E-state index contributed by atoms with van der Waals surface area (Å²) in [5, 5.41) is 8.30. The van der Waals surface area contributed by atoms with Gasteiger partial charge in [-0.1, -0.05) is 11.6 Å². The standard InChI is InChI=1S/C13H17ClN4/c1-8-5-13(14)16-7-12(8)15-6-11-9(2)17-18(4)10(11)3/h5,7,15H,6H2,1-4H3. The van der Waals surface area contributed by atoms with E-state index in [1.807, 2.05) is 31.6 Å². The molecule has 0 aromatic carbocycles. The molecule has 18 heavy (non-hydrogen) atoms. The number of aromatic nitrogens is 3. The van der Waals surface area contributed by atoms with E-state index < -0.39 is 0 Å². The molecular weight excluding hydrogens is 248 g/mol. The summed E-state index contributed by atoms with van der Waals surface area (Å²) in [6.45, 7) is 6.86. The quantitative estimate of drug-likeness (QED) is 0.867. The Bertz CT molecular complexity index is 575. The van der Waals surface area contributed by atoms with Crippen LogP contribution < -0.4 is 5.32 Å². The van der Waals surface area contributed by atoms with Gasteiger partial charge in [0.1, 0.15) is 5.15 Å². The van der Waals surface area contributed by atoms with E-state index in [9.17, 15) is 0 Å². The Morgan fingerprint density at radius 2 is 2.06 bits per heavy atom. The molecule has 0 bridgehead atoms. The molecule has 96 valence electrons. The normalized spacial score (nSPS) is 10.7. The van der Waals surface area contributed by atoms with E-state index in [1.54, 1.807) is 6.20 Å². The SMILES string of the molecule is Cc1cc(Cl)ncc1NCc1c(C)nn(C)c1C. The van der Waals surface area contributed by atoms with E-state index in [1.165, 1.54) is 11.3 Å². The van der Waals surface area contributed by atoms with Crippen molar-refractivity contribution in [2.45, 2.75) is 27.3 Å². The lowest BCUT2D eigenvalue weighted by Gasteiger charge is -2.09. The van der Waals surface area contributed by atoms with E-state index in [0.717, 1.165) is 23.5 Å². The molecule has 1 N–H and O–H groups in total. The van der Waals surface area contributed by atoms with Crippen molar-refractivity contribution in [3.63, 3.8) is 0 Å². The first kappa shape index (κ1) is 12.9. The molecule has 2 aromatic heterocycles. The van der Waals surface area contributed by atoms with Crippen LogP contribution in [-0.4, -0.2) is 14.8 Å². The average molecular weight is 265 g/mol. The van der Waals surface area contributed by atoms with Gasteiger partial charge < -0.3 is 5.32 Å². The first-order chi connectivity index (χ1) is 8.49. The third-order valence-electron chi connectivity index (χ3n) is 3.19. The lowest BCUT2D eigenvalue weighted by molar-refractivity contribution is 0.730. The second kappa shape index (κ2) is 4.98. The summed E-state index contributed by atoms with van der Waals surface area (Å²) in [6.07, 6.45) is 1.76. The first-order valence-electron chi connectivity index (χ1n) is 5.84. The first-order valence-corrected chi connectivity index (χ1v) is 6.22. The van der Waals surface area contributed by atoms with Crippen molar-refractivity contribution >= 4 is 17.3 Å². The third-order valence-corrected chi connectivity index (χ3v) is 3.40. The summed E-state index contributed by atoms with van der Waals surface area (Å²) in [5.41, 5.74) is 5.56. The highest BCUT2D eigenvalue weighted by Crippen LogP contribution is 2.19.